The Bertz CT molecular complexity index is 823. The summed E-state index contributed by atoms with van der Waals surface area (Å²) < 4.78 is 3.07. The lowest BCUT2D eigenvalue weighted by molar-refractivity contribution is -0.384. The smallest absolute Gasteiger partial charge is 0.312 e. The van der Waals surface area contributed by atoms with Crippen LogP contribution in [0.15, 0.2) is 15.0 Å². The van der Waals surface area contributed by atoms with Crippen LogP contribution in [0.4, 0.5) is 11.6 Å². The number of rotatable bonds is 4. The number of imidazole rings is 1. The predicted molar refractivity (Wildman–Crippen MR) is 121 cm³/mol. The summed E-state index contributed by atoms with van der Waals surface area (Å²) in [6.45, 7) is 4.09. The van der Waals surface area contributed by atoms with Crippen LogP contribution in [-0.2, 0) is 0 Å². The molecule has 0 amide bonds. The van der Waals surface area contributed by atoms with Crippen LogP contribution in [0, 0.1) is 10.1 Å². The summed E-state index contributed by atoms with van der Waals surface area (Å²) in [6.07, 6.45) is 3.93. The van der Waals surface area contributed by atoms with Gasteiger partial charge in [-0.15, -0.1) is 24.8 Å². The van der Waals surface area contributed by atoms with E-state index in [-0.39, 0.29) is 42.6 Å². The Labute approximate surface area is 187 Å². The first-order valence-corrected chi connectivity index (χ1v) is 9.94. The molecule has 1 aliphatic rings. The molecular formula is C16H23Br2Cl2N5O2. The van der Waals surface area contributed by atoms with Crippen molar-refractivity contribution in [2.45, 2.75) is 57.7 Å². The van der Waals surface area contributed by atoms with Crippen molar-refractivity contribution in [2.75, 3.05) is 5.32 Å². The molecule has 1 aromatic carbocycles. The second-order valence-electron chi connectivity index (χ2n) is 6.80. The normalized spacial score (nSPS) is 19.5. The van der Waals surface area contributed by atoms with Crippen molar-refractivity contribution in [1.82, 2.24) is 9.55 Å². The molecule has 0 spiro atoms. The number of hydrogen-bond donors (Lipinski definition) is 2. The van der Waals surface area contributed by atoms with Crippen molar-refractivity contribution >= 4 is 79.3 Å². The zero-order valence-corrected chi connectivity index (χ0v) is 19.8. The molecule has 1 aliphatic carbocycles. The molecule has 0 saturated heterocycles. The molecule has 152 valence electrons. The summed E-state index contributed by atoms with van der Waals surface area (Å²) in [4.78, 5) is 15.8. The summed E-state index contributed by atoms with van der Waals surface area (Å²) in [5.74, 6) is 0.679. The molecule has 1 aromatic heterocycles. The fourth-order valence-corrected chi connectivity index (χ4v) is 4.25. The maximum Gasteiger partial charge on any atom is 0.312 e. The summed E-state index contributed by atoms with van der Waals surface area (Å²) in [6, 6.07) is 2.56. The first kappa shape index (κ1) is 24.4. The van der Waals surface area contributed by atoms with Crippen LogP contribution in [0.5, 0.6) is 0 Å². The van der Waals surface area contributed by atoms with Gasteiger partial charge in [-0.1, -0.05) is 0 Å². The van der Waals surface area contributed by atoms with Crippen molar-refractivity contribution in [3.05, 3.63) is 25.1 Å². The molecule has 1 heterocycles. The average Bonchev–Trinajstić information content (AvgIpc) is 2.87. The van der Waals surface area contributed by atoms with Crippen LogP contribution < -0.4 is 11.1 Å². The monoisotopic (exact) mass is 545 g/mol. The fraction of sp³-hybridized carbons (Fsp3) is 0.562. The maximum absolute atomic E-state index is 11.6. The Morgan fingerprint density at radius 1 is 1.30 bits per heavy atom. The van der Waals surface area contributed by atoms with Crippen molar-refractivity contribution in [3.8, 4) is 0 Å². The SMILES string of the molecule is CC(C)n1c(N[C@H]2CC[C@@H](N)CC2)nc2c([N+](=O)[O-])c(Br)c(Br)cc21.Cl.Cl. The van der Waals surface area contributed by atoms with Gasteiger partial charge >= 0.3 is 5.69 Å². The molecule has 1 saturated carbocycles. The van der Waals surface area contributed by atoms with E-state index in [1.807, 2.05) is 24.5 Å². The highest BCUT2D eigenvalue weighted by atomic mass is 79.9. The Morgan fingerprint density at radius 3 is 2.41 bits per heavy atom. The molecule has 27 heavy (non-hydrogen) atoms. The lowest BCUT2D eigenvalue weighted by Crippen LogP contribution is -2.33. The Kier molecular flexibility index (Phi) is 8.81. The number of nitrogens with zero attached hydrogens (tertiary/aromatic N) is 3. The van der Waals surface area contributed by atoms with Gasteiger partial charge in [0.05, 0.1) is 10.4 Å². The zero-order chi connectivity index (χ0) is 18.3. The third-order valence-electron chi connectivity index (χ3n) is 4.66. The number of nitrogens with two attached hydrogens (primary N) is 1. The molecule has 0 unspecified atom stereocenters. The van der Waals surface area contributed by atoms with Crippen LogP contribution >= 0.6 is 56.7 Å². The molecule has 0 radical (unpaired) electrons. The molecule has 0 aliphatic heterocycles. The first-order valence-electron chi connectivity index (χ1n) is 8.36. The minimum absolute atomic E-state index is 0. The first-order chi connectivity index (χ1) is 11.8. The molecule has 1 fully saturated rings. The summed E-state index contributed by atoms with van der Waals surface area (Å²) in [7, 11) is 0. The van der Waals surface area contributed by atoms with Crippen LogP contribution in [0.3, 0.4) is 0 Å². The van der Waals surface area contributed by atoms with E-state index in [0.29, 0.717) is 26.5 Å². The van der Waals surface area contributed by atoms with Gasteiger partial charge in [0.15, 0.2) is 5.52 Å². The topological polar surface area (TPSA) is 99.0 Å². The number of nitrogens with one attached hydrogen (secondary N) is 1. The Balaban J connectivity index is 0.00000182. The minimum atomic E-state index is -0.391. The third kappa shape index (κ3) is 4.87. The van der Waals surface area contributed by atoms with E-state index in [1.165, 1.54) is 0 Å². The highest BCUT2D eigenvalue weighted by Gasteiger charge is 2.28. The maximum atomic E-state index is 11.6. The van der Waals surface area contributed by atoms with Gasteiger partial charge < -0.3 is 15.6 Å². The molecule has 0 atom stereocenters. The Morgan fingerprint density at radius 2 is 1.89 bits per heavy atom. The van der Waals surface area contributed by atoms with Crippen LogP contribution in [0.1, 0.15) is 45.6 Å². The van der Waals surface area contributed by atoms with Gasteiger partial charge in [0.1, 0.15) is 4.47 Å². The minimum Gasteiger partial charge on any atom is -0.353 e. The van der Waals surface area contributed by atoms with Gasteiger partial charge in [-0.05, 0) is 77.5 Å². The van der Waals surface area contributed by atoms with Crippen LogP contribution in [0.2, 0.25) is 0 Å². The largest absolute Gasteiger partial charge is 0.353 e. The van der Waals surface area contributed by atoms with E-state index in [1.54, 1.807) is 0 Å². The van der Waals surface area contributed by atoms with Gasteiger partial charge in [0, 0.05) is 22.6 Å². The number of nitro groups is 1. The number of benzene rings is 1. The Hall–Kier alpha value is -0.610. The summed E-state index contributed by atoms with van der Waals surface area (Å²) in [5, 5.41) is 15.1. The molecule has 2 aromatic rings. The van der Waals surface area contributed by atoms with Gasteiger partial charge in [-0.3, -0.25) is 10.1 Å². The zero-order valence-electron chi connectivity index (χ0n) is 14.9. The third-order valence-corrected chi connectivity index (χ3v) is 6.62. The van der Waals surface area contributed by atoms with Gasteiger partial charge in [0.2, 0.25) is 5.95 Å². The van der Waals surface area contributed by atoms with E-state index >= 15 is 0 Å². The highest BCUT2D eigenvalue weighted by molar-refractivity contribution is 9.13. The number of halogens is 4. The van der Waals surface area contributed by atoms with E-state index in [2.05, 4.69) is 42.2 Å². The number of anilines is 1. The van der Waals surface area contributed by atoms with E-state index in [0.717, 1.165) is 31.2 Å². The molecule has 11 heteroatoms. The average molecular weight is 548 g/mol. The molecule has 7 nitrogen and oxygen atoms in total. The lowest BCUT2D eigenvalue weighted by Gasteiger charge is -2.27. The van der Waals surface area contributed by atoms with Crippen molar-refractivity contribution in [3.63, 3.8) is 0 Å². The van der Waals surface area contributed by atoms with Crippen LogP contribution in [-0.4, -0.2) is 26.6 Å². The predicted octanol–water partition coefficient (Wildman–Crippen LogP) is 5.58. The summed E-state index contributed by atoms with van der Waals surface area (Å²) in [5.41, 5.74) is 7.10. The molecule has 0 bridgehead atoms. The van der Waals surface area contributed by atoms with Crippen molar-refractivity contribution < 1.29 is 4.92 Å². The standard InChI is InChI=1S/C16H21Br2N5O2.2ClH/c1-8(2)22-12-7-11(17)13(18)15(23(24)25)14(12)21-16(22)20-10-5-3-9(19)4-6-10;;/h7-10H,3-6,19H2,1-2H3,(H,20,21);2*1H/t9-,10+;;. The van der Waals surface area contributed by atoms with Gasteiger partial charge in [-0.25, -0.2) is 4.98 Å². The van der Waals surface area contributed by atoms with E-state index < -0.39 is 4.92 Å². The fourth-order valence-electron chi connectivity index (χ4n) is 3.40. The van der Waals surface area contributed by atoms with E-state index in [4.69, 9.17) is 5.73 Å². The highest BCUT2D eigenvalue weighted by Crippen LogP contribution is 2.41. The second kappa shape index (κ2) is 9.73. The molecular weight excluding hydrogens is 525 g/mol. The number of aromatic nitrogens is 2. The van der Waals surface area contributed by atoms with Crippen LogP contribution in [0.25, 0.3) is 11.0 Å². The molecule has 3 N–H and O–H groups in total. The van der Waals surface area contributed by atoms with Gasteiger partial charge in [0.25, 0.3) is 0 Å². The second-order valence-corrected chi connectivity index (χ2v) is 8.45. The van der Waals surface area contributed by atoms with Crippen molar-refractivity contribution in [1.29, 1.82) is 0 Å². The number of nitro benzene ring substituents is 1. The van der Waals surface area contributed by atoms with Crippen molar-refractivity contribution in [2.24, 2.45) is 5.73 Å². The molecule has 3 rings (SSSR count). The van der Waals surface area contributed by atoms with Gasteiger partial charge in [-0.2, -0.15) is 0 Å². The quantitative estimate of drug-likeness (QED) is 0.385. The number of fused-ring (bicyclic) bond motifs is 1. The van der Waals surface area contributed by atoms with E-state index in [9.17, 15) is 10.1 Å². The number of hydrogen-bond acceptors (Lipinski definition) is 5. The summed E-state index contributed by atoms with van der Waals surface area (Å²) >= 11 is 6.71. The lowest BCUT2D eigenvalue weighted by atomic mass is 9.92.